The van der Waals surface area contributed by atoms with Crippen molar-refractivity contribution in [1.29, 1.82) is 0 Å². The Morgan fingerprint density at radius 3 is 3.24 bits per heavy atom. The van der Waals surface area contributed by atoms with E-state index >= 15 is 0 Å². The smallest absolute Gasteiger partial charge is 0.0762 e. The van der Waals surface area contributed by atoms with Gasteiger partial charge in [0.15, 0.2) is 0 Å². The van der Waals surface area contributed by atoms with Crippen LogP contribution in [0.15, 0.2) is 12.3 Å². The number of aromatic nitrogens is 2. The summed E-state index contributed by atoms with van der Waals surface area (Å²) in [6.07, 6.45) is 3.06. The van der Waals surface area contributed by atoms with E-state index in [9.17, 15) is 0 Å². The monoisotopic (exact) mass is 238 g/mol. The molecule has 1 aliphatic heterocycles. The molecule has 2 heterocycles. The number of aryl methyl sites for hydroxylation is 1. The standard InChI is InChI=1S/C12H22N4O/c1-10(7-12-9-17-6-4-13-12)14-8-11-3-5-16(2)15-11/h3,5,10,12-14H,4,6-9H2,1-2H3. The fourth-order valence-corrected chi connectivity index (χ4v) is 2.12. The van der Waals surface area contributed by atoms with Gasteiger partial charge in [-0.1, -0.05) is 0 Å². The van der Waals surface area contributed by atoms with Gasteiger partial charge in [-0.2, -0.15) is 5.10 Å². The van der Waals surface area contributed by atoms with E-state index in [2.05, 4.69) is 22.7 Å². The average Bonchev–Trinajstić information content (AvgIpc) is 2.74. The summed E-state index contributed by atoms with van der Waals surface area (Å²) in [5.41, 5.74) is 1.09. The van der Waals surface area contributed by atoms with E-state index in [0.717, 1.165) is 38.4 Å². The molecule has 2 atom stereocenters. The molecule has 0 amide bonds. The van der Waals surface area contributed by atoms with E-state index in [-0.39, 0.29) is 0 Å². The SMILES string of the molecule is CC(CC1COCCN1)NCc1ccn(C)n1. The zero-order valence-electron chi connectivity index (χ0n) is 10.6. The van der Waals surface area contributed by atoms with Gasteiger partial charge in [-0.25, -0.2) is 0 Å². The number of morpholine rings is 1. The van der Waals surface area contributed by atoms with Crippen LogP contribution in [0.1, 0.15) is 19.0 Å². The van der Waals surface area contributed by atoms with Gasteiger partial charge in [0.25, 0.3) is 0 Å². The molecule has 5 heteroatoms. The molecule has 1 aliphatic rings. The van der Waals surface area contributed by atoms with Gasteiger partial charge in [0.2, 0.25) is 0 Å². The normalized spacial score (nSPS) is 22.6. The maximum atomic E-state index is 5.44. The topological polar surface area (TPSA) is 51.1 Å². The zero-order valence-corrected chi connectivity index (χ0v) is 10.6. The van der Waals surface area contributed by atoms with Gasteiger partial charge in [-0.05, 0) is 19.4 Å². The van der Waals surface area contributed by atoms with Crippen LogP contribution in [0.25, 0.3) is 0 Å². The van der Waals surface area contributed by atoms with E-state index in [1.54, 1.807) is 0 Å². The van der Waals surface area contributed by atoms with Gasteiger partial charge in [0.1, 0.15) is 0 Å². The zero-order chi connectivity index (χ0) is 12.1. The number of hydrogen-bond acceptors (Lipinski definition) is 4. The molecule has 2 rings (SSSR count). The molecular weight excluding hydrogens is 216 g/mol. The maximum Gasteiger partial charge on any atom is 0.0762 e. The van der Waals surface area contributed by atoms with Crippen molar-refractivity contribution < 1.29 is 4.74 Å². The van der Waals surface area contributed by atoms with Gasteiger partial charge in [-0.15, -0.1) is 0 Å². The summed E-state index contributed by atoms with van der Waals surface area (Å²) >= 11 is 0. The Hall–Kier alpha value is -0.910. The van der Waals surface area contributed by atoms with E-state index in [1.165, 1.54) is 0 Å². The molecule has 0 saturated carbocycles. The van der Waals surface area contributed by atoms with Crippen molar-refractivity contribution in [3.8, 4) is 0 Å². The van der Waals surface area contributed by atoms with Crippen LogP contribution in [0, 0.1) is 0 Å². The van der Waals surface area contributed by atoms with Crippen LogP contribution in [0.2, 0.25) is 0 Å². The molecule has 2 N–H and O–H groups in total. The van der Waals surface area contributed by atoms with Crippen molar-refractivity contribution in [3.05, 3.63) is 18.0 Å². The summed E-state index contributed by atoms with van der Waals surface area (Å²) in [7, 11) is 1.94. The van der Waals surface area contributed by atoms with Crippen molar-refractivity contribution in [2.24, 2.45) is 7.05 Å². The lowest BCUT2D eigenvalue weighted by Gasteiger charge is -2.26. The van der Waals surface area contributed by atoms with E-state index in [1.807, 2.05) is 24.0 Å². The Morgan fingerprint density at radius 2 is 2.59 bits per heavy atom. The molecule has 0 radical (unpaired) electrons. The molecule has 5 nitrogen and oxygen atoms in total. The highest BCUT2D eigenvalue weighted by atomic mass is 16.5. The molecule has 1 saturated heterocycles. The molecule has 0 spiro atoms. The minimum absolute atomic E-state index is 0.469. The summed E-state index contributed by atoms with van der Waals surface area (Å²) in [5.74, 6) is 0. The van der Waals surface area contributed by atoms with Crippen molar-refractivity contribution in [3.63, 3.8) is 0 Å². The average molecular weight is 238 g/mol. The number of ether oxygens (including phenoxy) is 1. The Kier molecular flexibility index (Phi) is 4.53. The largest absolute Gasteiger partial charge is 0.379 e. The summed E-state index contributed by atoms with van der Waals surface area (Å²) in [4.78, 5) is 0. The summed E-state index contributed by atoms with van der Waals surface area (Å²) < 4.78 is 7.27. The molecule has 17 heavy (non-hydrogen) atoms. The third-order valence-electron chi connectivity index (χ3n) is 3.04. The second-order valence-electron chi connectivity index (χ2n) is 4.72. The van der Waals surface area contributed by atoms with E-state index in [4.69, 9.17) is 4.74 Å². The van der Waals surface area contributed by atoms with Gasteiger partial charge < -0.3 is 15.4 Å². The molecule has 96 valence electrons. The predicted octanol–water partition coefficient (Wildman–Crippen LogP) is 0.277. The van der Waals surface area contributed by atoms with Crippen LogP contribution in [-0.4, -0.2) is 41.6 Å². The van der Waals surface area contributed by atoms with E-state index in [0.29, 0.717) is 12.1 Å². The second-order valence-corrected chi connectivity index (χ2v) is 4.72. The first kappa shape index (κ1) is 12.5. The Morgan fingerprint density at radius 1 is 1.71 bits per heavy atom. The highest BCUT2D eigenvalue weighted by molar-refractivity contribution is 4.98. The van der Waals surface area contributed by atoms with Crippen LogP contribution in [0.3, 0.4) is 0 Å². The molecule has 0 aliphatic carbocycles. The summed E-state index contributed by atoms with van der Waals surface area (Å²) in [6.45, 7) is 5.67. The first-order valence-corrected chi connectivity index (χ1v) is 6.27. The first-order chi connectivity index (χ1) is 8.24. The van der Waals surface area contributed by atoms with Crippen molar-refractivity contribution in [2.75, 3.05) is 19.8 Å². The number of nitrogens with one attached hydrogen (secondary N) is 2. The second kappa shape index (κ2) is 6.14. The first-order valence-electron chi connectivity index (χ1n) is 6.27. The Labute approximate surface area is 103 Å². The van der Waals surface area contributed by atoms with Gasteiger partial charge >= 0.3 is 0 Å². The van der Waals surface area contributed by atoms with E-state index < -0.39 is 0 Å². The summed E-state index contributed by atoms with van der Waals surface area (Å²) in [6, 6.07) is 2.99. The van der Waals surface area contributed by atoms with Gasteiger partial charge in [-0.3, -0.25) is 4.68 Å². The summed E-state index contributed by atoms with van der Waals surface area (Å²) in [5, 5.41) is 11.3. The lowest BCUT2D eigenvalue weighted by atomic mass is 10.1. The molecule has 0 aromatic carbocycles. The molecule has 1 aromatic rings. The molecule has 1 aromatic heterocycles. The van der Waals surface area contributed by atoms with Crippen LogP contribution in [0.4, 0.5) is 0 Å². The van der Waals surface area contributed by atoms with Gasteiger partial charge in [0, 0.05) is 38.4 Å². The molecule has 0 bridgehead atoms. The van der Waals surface area contributed by atoms with Crippen molar-refractivity contribution in [2.45, 2.75) is 32.0 Å². The lowest BCUT2D eigenvalue weighted by molar-refractivity contribution is 0.0712. The fourth-order valence-electron chi connectivity index (χ4n) is 2.12. The Bertz CT molecular complexity index is 333. The molecule has 2 unspecified atom stereocenters. The number of hydrogen-bond donors (Lipinski definition) is 2. The molecular formula is C12H22N4O. The van der Waals surface area contributed by atoms with Crippen molar-refractivity contribution >= 4 is 0 Å². The van der Waals surface area contributed by atoms with Crippen molar-refractivity contribution in [1.82, 2.24) is 20.4 Å². The number of nitrogens with zero attached hydrogens (tertiary/aromatic N) is 2. The third-order valence-corrected chi connectivity index (χ3v) is 3.04. The fraction of sp³-hybridized carbons (Fsp3) is 0.750. The van der Waals surface area contributed by atoms with Crippen LogP contribution < -0.4 is 10.6 Å². The van der Waals surface area contributed by atoms with Crippen LogP contribution in [-0.2, 0) is 18.3 Å². The highest BCUT2D eigenvalue weighted by Crippen LogP contribution is 2.03. The molecule has 1 fully saturated rings. The minimum atomic E-state index is 0.469. The maximum absolute atomic E-state index is 5.44. The van der Waals surface area contributed by atoms with Crippen LogP contribution >= 0.6 is 0 Å². The minimum Gasteiger partial charge on any atom is -0.379 e. The Balaban J connectivity index is 1.68. The van der Waals surface area contributed by atoms with Gasteiger partial charge in [0.05, 0.1) is 18.9 Å². The van der Waals surface area contributed by atoms with Crippen LogP contribution in [0.5, 0.6) is 0 Å². The lowest BCUT2D eigenvalue weighted by Crippen LogP contribution is -2.44. The number of rotatable bonds is 5. The quantitative estimate of drug-likeness (QED) is 0.773. The third kappa shape index (κ3) is 4.11. The predicted molar refractivity (Wildman–Crippen MR) is 66.7 cm³/mol. The highest BCUT2D eigenvalue weighted by Gasteiger charge is 2.15.